The molecule has 1 rings (SSSR count). The number of oxime groups is 1. The molecule has 2 nitrogen and oxygen atoms in total. The van der Waals surface area contributed by atoms with Crippen LogP contribution in [0.3, 0.4) is 0 Å². The summed E-state index contributed by atoms with van der Waals surface area (Å²) in [4.78, 5) is 4.73. The van der Waals surface area contributed by atoms with Gasteiger partial charge in [-0.3, -0.25) is 0 Å². The summed E-state index contributed by atoms with van der Waals surface area (Å²) in [5.74, 6) is 0. The van der Waals surface area contributed by atoms with E-state index in [1.807, 2.05) is 6.21 Å². The SMILES string of the molecule is CC1(C)C=NOC1. The molecule has 0 spiro atoms. The summed E-state index contributed by atoms with van der Waals surface area (Å²) in [5.41, 5.74) is 0.181. The van der Waals surface area contributed by atoms with E-state index in [-0.39, 0.29) is 5.41 Å². The maximum Gasteiger partial charge on any atom is 0.127 e. The highest BCUT2D eigenvalue weighted by Crippen LogP contribution is 2.16. The molecule has 1 aliphatic heterocycles. The van der Waals surface area contributed by atoms with Gasteiger partial charge in [0.25, 0.3) is 0 Å². The fourth-order valence-electron chi connectivity index (χ4n) is 0.421. The minimum atomic E-state index is 0.181. The van der Waals surface area contributed by atoms with Crippen molar-refractivity contribution in [2.75, 3.05) is 6.61 Å². The molecule has 0 saturated heterocycles. The normalized spacial score (nSPS) is 24.9. The summed E-state index contributed by atoms with van der Waals surface area (Å²) in [6.45, 7) is 4.90. The van der Waals surface area contributed by atoms with Crippen LogP contribution < -0.4 is 0 Å². The predicted molar refractivity (Wildman–Crippen MR) is 28.2 cm³/mol. The Morgan fingerprint density at radius 1 is 1.71 bits per heavy atom. The molecule has 0 saturated carbocycles. The van der Waals surface area contributed by atoms with E-state index in [4.69, 9.17) is 4.84 Å². The molecule has 0 fully saturated rings. The lowest BCUT2D eigenvalue weighted by Gasteiger charge is -2.06. The molecule has 40 valence electrons. The summed E-state index contributed by atoms with van der Waals surface area (Å²) >= 11 is 0. The zero-order valence-corrected chi connectivity index (χ0v) is 4.64. The zero-order valence-electron chi connectivity index (χ0n) is 4.64. The first-order valence-electron chi connectivity index (χ1n) is 2.37. The number of hydrogen-bond donors (Lipinski definition) is 0. The molecule has 0 aromatic rings. The van der Waals surface area contributed by atoms with Crippen LogP contribution in [0.2, 0.25) is 0 Å². The molecule has 1 heterocycles. The van der Waals surface area contributed by atoms with Gasteiger partial charge in [-0.25, -0.2) is 0 Å². The van der Waals surface area contributed by atoms with Crippen LogP contribution in [-0.2, 0) is 4.84 Å². The smallest absolute Gasteiger partial charge is 0.127 e. The lowest BCUT2D eigenvalue weighted by atomic mass is 9.98. The second kappa shape index (κ2) is 1.22. The second-order valence-corrected chi connectivity index (χ2v) is 2.50. The van der Waals surface area contributed by atoms with Crippen molar-refractivity contribution in [2.24, 2.45) is 10.6 Å². The van der Waals surface area contributed by atoms with Crippen LogP contribution in [0, 0.1) is 5.41 Å². The van der Waals surface area contributed by atoms with Gasteiger partial charge in [0.15, 0.2) is 0 Å². The van der Waals surface area contributed by atoms with E-state index in [0.717, 1.165) is 6.61 Å². The van der Waals surface area contributed by atoms with Crippen molar-refractivity contribution in [3.8, 4) is 0 Å². The molecule has 0 amide bonds. The Balaban J connectivity index is 2.57. The fraction of sp³-hybridized carbons (Fsp3) is 0.800. The van der Waals surface area contributed by atoms with Gasteiger partial charge in [-0.05, 0) is 0 Å². The fourth-order valence-corrected chi connectivity index (χ4v) is 0.421. The largest absolute Gasteiger partial charge is 0.395 e. The number of nitrogens with zero attached hydrogens (tertiary/aromatic N) is 1. The van der Waals surface area contributed by atoms with Crippen LogP contribution in [0.5, 0.6) is 0 Å². The minimum Gasteiger partial charge on any atom is -0.395 e. The first-order chi connectivity index (χ1) is 3.21. The van der Waals surface area contributed by atoms with E-state index in [9.17, 15) is 0 Å². The highest BCUT2D eigenvalue weighted by Gasteiger charge is 2.20. The average molecular weight is 99.1 g/mol. The molecular formula is C5H9NO. The quantitative estimate of drug-likeness (QED) is 0.444. The van der Waals surface area contributed by atoms with E-state index in [1.165, 1.54) is 0 Å². The molecule has 7 heavy (non-hydrogen) atoms. The highest BCUT2D eigenvalue weighted by molar-refractivity contribution is 5.65. The molecule has 2 heteroatoms. The van der Waals surface area contributed by atoms with E-state index < -0.39 is 0 Å². The molecule has 0 bridgehead atoms. The van der Waals surface area contributed by atoms with Gasteiger partial charge < -0.3 is 4.84 Å². The van der Waals surface area contributed by atoms with Gasteiger partial charge in [0.05, 0.1) is 6.21 Å². The van der Waals surface area contributed by atoms with E-state index >= 15 is 0 Å². The lowest BCUT2D eigenvalue weighted by Crippen LogP contribution is -2.12. The van der Waals surface area contributed by atoms with Crippen molar-refractivity contribution in [1.82, 2.24) is 0 Å². The van der Waals surface area contributed by atoms with Crippen molar-refractivity contribution in [2.45, 2.75) is 13.8 Å². The molecule has 0 unspecified atom stereocenters. The highest BCUT2D eigenvalue weighted by atomic mass is 16.6. The summed E-state index contributed by atoms with van der Waals surface area (Å²) in [6, 6.07) is 0. The third-order valence-electron chi connectivity index (χ3n) is 0.913. The van der Waals surface area contributed by atoms with Gasteiger partial charge in [0.1, 0.15) is 6.61 Å². The third-order valence-corrected chi connectivity index (χ3v) is 0.913. The zero-order chi connectivity index (χ0) is 5.33. The van der Waals surface area contributed by atoms with Gasteiger partial charge >= 0.3 is 0 Å². The first kappa shape index (κ1) is 4.62. The van der Waals surface area contributed by atoms with Crippen LogP contribution in [0.25, 0.3) is 0 Å². The Kier molecular flexibility index (Phi) is 0.805. The van der Waals surface area contributed by atoms with Gasteiger partial charge in [0.2, 0.25) is 0 Å². The van der Waals surface area contributed by atoms with Crippen molar-refractivity contribution >= 4 is 6.21 Å². The maximum atomic E-state index is 4.73. The van der Waals surface area contributed by atoms with Crippen LogP contribution in [-0.4, -0.2) is 12.8 Å². The van der Waals surface area contributed by atoms with Gasteiger partial charge in [-0.2, -0.15) is 0 Å². The van der Waals surface area contributed by atoms with Crippen LogP contribution in [0.15, 0.2) is 5.16 Å². The Morgan fingerprint density at radius 2 is 2.43 bits per heavy atom. The molecular weight excluding hydrogens is 90.1 g/mol. The van der Waals surface area contributed by atoms with Gasteiger partial charge in [-0.15, -0.1) is 0 Å². The summed E-state index contributed by atoms with van der Waals surface area (Å²) in [5, 5.41) is 3.61. The molecule has 0 aliphatic carbocycles. The molecule has 0 radical (unpaired) electrons. The summed E-state index contributed by atoms with van der Waals surface area (Å²) < 4.78 is 0. The van der Waals surface area contributed by atoms with E-state index in [1.54, 1.807) is 0 Å². The Morgan fingerprint density at radius 3 is 2.57 bits per heavy atom. The monoisotopic (exact) mass is 99.1 g/mol. The number of rotatable bonds is 0. The van der Waals surface area contributed by atoms with Crippen molar-refractivity contribution in [3.63, 3.8) is 0 Å². The van der Waals surface area contributed by atoms with Crippen LogP contribution in [0.4, 0.5) is 0 Å². The third kappa shape index (κ3) is 0.918. The number of hydrogen-bond acceptors (Lipinski definition) is 2. The summed E-state index contributed by atoms with van der Waals surface area (Å²) in [6.07, 6.45) is 1.83. The summed E-state index contributed by atoms with van der Waals surface area (Å²) in [7, 11) is 0. The topological polar surface area (TPSA) is 21.6 Å². The Labute approximate surface area is 43.2 Å². The van der Waals surface area contributed by atoms with Crippen LogP contribution in [0.1, 0.15) is 13.8 Å². The molecule has 1 aliphatic rings. The predicted octanol–water partition coefficient (Wildman–Crippen LogP) is 1.03. The van der Waals surface area contributed by atoms with Crippen LogP contribution >= 0.6 is 0 Å². The second-order valence-electron chi connectivity index (χ2n) is 2.50. The standard InChI is InChI=1S/C5H9NO/c1-5(2)3-6-7-4-5/h3H,4H2,1-2H3. The van der Waals surface area contributed by atoms with Crippen molar-refractivity contribution in [3.05, 3.63) is 0 Å². The molecule has 0 atom stereocenters. The Hall–Kier alpha value is -0.530. The van der Waals surface area contributed by atoms with Gasteiger partial charge in [0, 0.05) is 5.41 Å². The van der Waals surface area contributed by atoms with Gasteiger partial charge in [-0.1, -0.05) is 19.0 Å². The maximum absolute atomic E-state index is 4.73. The molecule has 0 N–H and O–H groups in total. The lowest BCUT2D eigenvalue weighted by molar-refractivity contribution is 0.133. The minimum absolute atomic E-state index is 0.181. The Bertz CT molecular complexity index is 96.3. The van der Waals surface area contributed by atoms with E-state index in [2.05, 4.69) is 19.0 Å². The van der Waals surface area contributed by atoms with E-state index in [0.29, 0.717) is 0 Å². The molecule has 0 aromatic carbocycles. The molecule has 0 aromatic heterocycles. The van der Waals surface area contributed by atoms with Crippen molar-refractivity contribution < 1.29 is 4.84 Å². The average Bonchev–Trinajstić information content (AvgIpc) is 1.84. The van der Waals surface area contributed by atoms with Crippen molar-refractivity contribution in [1.29, 1.82) is 0 Å². The first-order valence-corrected chi connectivity index (χ1v) is 2.37.